The number of hydrogen-bond acceptors (Lipinski definition) is 4. The van der Waals surface area contributed by atoms with Gasteiger partial charge in [-0.3, -0.25) is 4.84 Å². The van der Waals surface area contributed by atoms with Gasteiger partial charge in [0.25, 0.3) is 0 Å². The minimum absolute atomic E-state index is 0.0132. The molecule has 9 heavy (non-hydrogen) atoms. The van der Waals surface area contributed by atoms with E-state index in [1.54, 1.807) is 0 Å². The fourth-order valence-electron chi connectivity index (χ4n) is 0.232. The zero-order valence-electron chi connectivity index (χ0n) is 4.87. The summed E-state index contributed by atoms with van der Waals surface area (Å²) in [5, 5.41) is 16.8. The van der Waals surface area contributed by atoms with Gasteiger partial charge in [0.15, 0.2) is 0 Å². The fraction of sp³-hybridized carbons (Fsp3) is 0.600. The molecular formula is C5H9NO3. The van der Waals surface area contributed by atoms with Gasteiger partial charge in [0.1, 0.15) is 12.7 Å². The van der Waals surface area contributed by atoms with Crippen LogP contribution in [0.25, 0.3) is 0 Å². The summed E-state index contributed by atoms with van der Waals surface area (Å²) in [6.07, 6.45) is 3.86. The average molecular weight is 131 g/mol. The van der Waals surface area contributed by atoms with E-state index in [9.17, 15) is 0 Å². The first kappa shape index (κ1) is 8.24. The molecule has 0 aromatic heterocycles. The Labute approximate surface area is 53.4 Å². The summed E-state index contributed by atoms with van der Waals surface area (Å²) in [5.41, 5.74) is 2.07. The molecule has 0 saturated heterocycles. The molecule has 0 spiro atoms. The fourth-order valence-corrected chi connectivity index (χ4v) is 0.232. The Morgan fingerprint density at radius 1 is 1.78 bits per heavy atom. The molecule has 0 amide bonds. The first-order valence-corrected chi connectivity index (χ1v) is 2.42. The highest BCUT2D eigenvalue weighted by molar-refractivity contribution is 4.74. The third-order valence-corrected chi connectivity index (χ3v) is 0.618. The van der Waals surface area contributed by atoms with Crippen molar-refractivity contribution in [3.63, 3.8) is 0 Å². The Bertz CT molecular complexity index is 98.9. The number of terminal acetylenes is 1. The molecule has 0 aromatic rings. The van der Waals surface area contributed by atoms with Crippen LogP contribution in [0.4, 0.5) is 0 Å². The number of aliphatic hydroxyl groups is 2. The van der Waals surface area contributed by atoms with Crippen molar-refractivity contribution in [3.05, 3.63) is 0 Å². The van der Waals surface area contributed by atoms with Crippen molar-refractivity contribution in [2.24, 2.45) is 0 Å². The third kappa shape index (κ3) is 5.11. The smallest absolute Gasteiger partial charge is 0.104 e. The van der Waals surface area contributed by atoms with Crippen LogP contribution < -0.4 is 5.48 Å². The van der Waals surface area contributed by atoms with E-state index in [1.807, 2.05) is 6.04 Å². The van der Waals surface area contributed by atoms with Crippen LogP contribution >= 0.6 is 0 Å². The van der Waals surface area contributed by atoms with Crippen molar-refractivity contribution in [2.45, 2.75) is 6.10 Å². The molecule has 0 aliphatic carbocycles. The van der Waals surface area contributed by atoms with E-state index in [0.717, 1.165) is 0 Å². The van der Waals surface area contributed by atoms with Gasteiger partial charge in [-0.2, -0.15) is 0 Å². The van der Waals surface area contributed by atoms with Crippen LogP contribution in [0.1, 0.15) is 0 Å². The summed E-state index contributed by atoms with van der Waals surface area (Å²) in [4.78, 5) is 4.44. The number of rotatable bonds is 4. The van der Waals surface area contributed by atoms with E-state index in [2.05, 4.69) is 10.3 Å². The first-order chi connectivity index (χ1) is 4.31. The number of hydrogen-bond donors (Lipinski definition) is 3. The van der Waals surface area contributed by atoms with Gasteiger partial charge < -0.3 is 10.2 Å². The monoisotopic (exact) mass is 131 g/mol. The second-order valence-electron chi connectivity index (χ2n) is 1.39. The van der Waals surface area contributed by atoms with Gasteiger partial charge in [-0.05, 0) is 0 Å². The standard InChI is InChI=1S/C5H9NO3/c1-2-6-9-4-5(8)3-7/h1,5-8H,3-4H2. The molecule has 1 unspecified atom stereocenters. The van der Waals surface area contributed by atoms with Gasteiger partial charge in [-0.1, -0.05) is 6.42 Å². The molecule has 52 valence electrons. The SMILES string of the molecule is C#CNOCC(O)CO. The second kappa shape index (κ2) is 5.38. The molecule has 3 N–H and O–H groups in total. The Kier molecular flexibility index (Phi) is 4.92. The van der Waals surface area contributed by atoms with Crippen LogP contribution in [-0.2, 0) is 4.84 Å². The third-order valence-electron chi connectivity index (χ3n) is 0.618. The largest absolute Gasteiger partial charge is 0.394 e. The highest BCUT2D eigenvalue weighted by Crippen LogP contribution is 1.78. The van der Waals surface area contributed by atoms with Crippen molar-refractivity contribution >= 4 is 0 Å². The second-order valence-corrected chi connectivity index (χ2v) is 1.39. The average Bonchev–Trinajstić information content (AvgIpc) is 1.89. The molecule has 0 fully saturated rings. The molecule has 0 saturated carbocycles. The van der Waals surface area contributed by atoms with Crippen molar-refractivity contribution in [3.8, 4) is 12.5 Å². The van der Waals surface area contributed by atoms with E-state index in [0.29, 0.717) is 0 Å². The summed E-state index contributed by atoms with van der Waals surface area (Å²) in [7, 11) is 0. The molecule has 4 heteroatoms. The molecular weight excluding hydrogens is 122 g/mol. The van der Waals surface area contributed by atoms with E-state index >= 15 is 0 Å². The molecule has 0 rings (SSSR count). The quantitative estimate of drug-likeness (QED) is 0.187. The Morgan fingerprint density at radius 3 is 2.89 bits per heavy atom. The van der Waals surface area contributed by atoms with Crippen molar-refractivity contribution in [1.29, 1.82) is 0 Å². The maximum atomic E-state index is 8.60. The van der Waals surface area contributed by atoms with Crippen LogP contribution in [-0.4, -0.2) is 29.5 Å². The number of aliphatic hydroxyl groups excluding tert-OH is 2. The van der Waals surface area contributed by atoms with Crippen LogP contribution in [0, 0.1) is 12.5 Å². The summed E-state index contributed by atoms with van der Waals surface area (Å²) in [6, 6.07) is 1.98. The first-order valence-electron chi connectivity index (χ1n) is 2.42. The van der Waals surface area contributed by atoms with Crippen LogP contribution in [0.3, 0.4) is 0 Å². The predicted octanol–water partition coefficient (Wildman–Crippen LogP) is -1.55. The molecule has 0 heterocycles. The zero-order valence-corrected chi connectivity index (χ0v) is 4.87. The van der Waals surface area contributed by atoms with Crippen molar-refractivity contribution in [2.75, 3.05) is 13.2 Å². The summed E-state index contributed by atoms with van der Waals surface area (Å²) in [6.45, 7) is -0.340. The van der Waals surface area contributed by atoms with Gasteiger partial charge in [0.05, 0.1) is 6.61 Å². The van der Waals surface area contributed by atoms with Gasteiger partial charge in [-0.15, -0.1) is 0 Å². The Morgan fingerprint density at radius 2 is 2.44 bits per heavy atom. The van der Waals surface area contributed by atoms with Gasteiger partial charge >= 0.3 is 0 Å². The Balaban J connectivity index is 2.99. The van der Waals surface area contributed by atoms with Gasteiger partial charge in [0, 0.05) is 6.04 Å². The van der Waals surface area contributed by atoms with Crippen LogP contribution in [0.2, 0.25) is 0 Å². The lowest BCUT2D eigenvalue weighted by molar-refractivity contribution is -0.0191. The normalized spacial score (nSPS) is 12.1. The molecule has 0 aliphatic heterocycles. The van der Waals surface area contributed by atoms with E-state index < -0.39 is 6.10 Å². The highest BCUT2D eigenvalue weighted by Gasteiger charge is 1.99. The minimum atomic E-state index is -0.870. The van der Waals surface area contributed by atoms with Crippen LogP contribution in [0.5, 0.6) is 0 Å². The maximum absolute atomic E-state index is 8.60. The molecule has 0 bridgehead atoms. The van der Waals surface area contributed by atoms with Gasteiger partial charge in [-0.25, -0.2) is 5.48 Å². The zero-order chi connectivity index (χ0) is 7.11. The lowest BCUT2D eigenvalue weighted by atomic mass is 10.4. The maximum Gasteiger partial charge on any atom is 0.104 e. The topological polar surface area (TPSA) is 61.7 Å². The predicted molar refractivity (Wildman–Crippen MR) is 31.0 cm³/mol. The van der Waals surface area contributed by atoms with Gasteiger partial charge in [0.2, 0.25) is 0 Å². The Hall–Kier alpha value is -0.760. The van der Waals surface area contributed by atoms with Crippen molar-refractivity contribution < 1.29 is 15.1 Å². The molecule has 0 radical (unpaired) electrons. The van der Waals surface area contributed by atoms with E-state index in [1.165, 1.54) is 0 Å². The summed E-state index contributed by atoms with van der Waals surface area (Å²) >= 11 is 0. The highest BCUT2D eigenvalue weighted by atomic mass is 16.6. The lowest BCUT2D eigenvalue weighted by Crippen LogP contribution is -2.23. The lowest BCUT2D eigenvalue weighted by Gasteiger charge is -2.04. The summed E-state index contributed by atoms with van der Waals surface area (Å²) < 4.78 is 0. The van der Waals surface area contributed by atoms with E-state index in [-0.39, 0.29) is 13.2 Å². The molecule has 1 atom stereocenters. The van der Waals surface area contributed by atoms with Crippen LogP contribution in [0.15, 0.2) is 0 Å². The number of nitrogens with one attached hydrogen (secondary N) is 1. The number of hydroxylamine groups is 1. The molecule has 0 aromatic carbocycles. The van der Waals surface area contributed by atoms with Crippen molar-refractivity contribution in [1.82, 2.24) is 5.48 Å². The molecule has 0 aliphatic rings. The van der Waals surface area contributed by atoms with E-state index in [4.69, 9.17) is 16.6 Å². The summed E-state index contributed by atoms with van der Waals surface area (Å²) in [5.74, 6) is 0. The molecule has 4 nitrogen and oxygen atoms in total. The minimum Gasteiger partial charge on any atom is -0.394 e.